The minimum absolute atomic E-state index is 0.0899. The Morgan fingerprint density at radius 3 is 2.30 bits per heavy atom. The standard InChI is InChI=1S/C18H19Cl2NO2/c19-15-6-4-5-13(18(15)20)12-9-16(22)14(17(23)10-12)11-21-7-2-1-3-8-21/h4-6,11-12H,1-3,7-10H2. The summed E-state index contributed by atoms with van der Waals surface area (Å²) in [6.07, 6.45) is 5.85. The van der Waals surface area contributed by atoms with Crippen LogP contribution in [0.3, 0.4) is 0 Å². The number of allylic oxidation sites excluding steroid dienone is 1. The molecule has 1 aliphatic heterocycles. The average Bonchev–Trinajstić information content (AvgIpc) is 2.54. The van der Waals surface area contributed by atoms with Crippen LogP contribution < -0.4 is 0 Å². The van der Waals surface area contributed by atoms with Gasteiger partial charge in [-0.15, -0.1) is 0 Å². The van der Waals surface area contributed by atoms with Gasteiger partial charge in [-0.05, 0) is 36.8 Å². The van der Waals surface area contributed by atoms with Gasteiger partial charge >= 0.3 is 0 Å². The molecule has 0 radical (unpaired) electrons. The van der Waals surface area contributed by atoms with Crippen molar-refractivity contribution in [3.05, 3.63) is 45.6 Å². The van der Waals surface area contributed by atoms with Crippen LogP contribution in [0.25, 0.3) is 0 Å². The fourth-order valence-electron chi connectivity index (χ4n) is 3.32. The van der Waals surface area contributed by atoms with E-state index in [0.717, 1.165) is 31.5 Å². The number of halogens is 2. The summed E-state index contributed by atoms with van der Waals surface area (Å²) in [4.78, 5) is 27.0. The van der Waals surface area contributed by atoms with Crippen molar-refractivity contribution in [3.8, 4) is 0 Å². The smallest absolute Gasteiger partial charge is 0.168 e. The van der Waals surface area contributed by atoms with Crippen molar-refractivity contribution < 1.29 is 9.59 Å². The summed E-state index contributed by atoms with van der Waals surface area (Å²) in [6, 6.07) is 5.36. The molecule has 2 fully saturated rings. The molecule has 0 aromatic heterocycles. The van der Waals surface area contributed by atoms with Crippen LogP contribution in [0.2, 0.25) is 10.0 Å². The summed E-state index contributed by atoms with van der Waals surface area (Å²) >= 11 is 12.3. The third-order valence-electron chi connectivity index (χ3n) is 4.59. The summed E-state index contributed by atoms with van der Waals surface area (Å²) in [5, 5.41) is 0.905. The number of ketones is 2. The second-order valence-electron chi connectivity index (χ2n) is 6.23. The lowest BCUT2D eigenvalue weighted by atomic mass is 9.80. The van der Waals surface area contributed by atoms with Crippen LogP contribution in [0.1, 0.15) is 43.6 Å². The fraction of sp³-hybridized carbons (Fsp3) is 0.444. The van der Waals surface area contributed by atoms with Crippen molar-refractivity contribution in [2.75, 3.05) is 13.1 Å². The Labute approximate surface area is 146 Å². The lowest BCUT2D eigenvalue weighted by Gasteiger charge is -2.28. The molecule has 0 unspecified atom stereocenters. The van der Waals surface area contributed by atoms with E-state index in [1.165, 1.54) is 6.42 Å². The molecule has 1 aromatic rings. The van der Waals surface area contributed by atoms with Gasteiger partial charge in [0, 0.05) is 32.1 Å². The van der Waals surface area contributed by atoms with Gasteiger partial charge in [-0.25, -0.2) is 0 Å². The third kappa shape index (κ3) is 3.61. The SMILES string of the molecule is O=C1CC(c2cccc(Cl)c2Cl)CC(=O)C1=CN1CCCCC1. The van der Waals surface area contributed by atoms with Gasteiger partial charge < -0.3 is 4.90 Å². The van der Waals surface area contributed by atoms with E-state index < -0.39 is 0 Å². The van der Waals surface area contributed by atoms with Crippen LogP contribution in [-0.4, -0.2) is 29.6 Å². The molecule has 23 heavy (non-hydrogen) atoms. The highest BCUT2D eigenvalue weighted by Crippen LogP contribution is 2.38. The van der Waals surface area contributed by atoms with Gasteiger partial charge in [-0.1, -0.05) is 35.3 Å². The second kappa shape index (κ2) is 7.06. The number of carbonyl (C=O) groups is 2. The minimum atomic E-state index is -0.181. The highest BCUT2D eigenvalue weighted by Gasteiger charge is 2.33. The molecule has 1 heterocycles. The summed E-state index contributed by atoms with van der Waals surface area (Å²) in [5.41, 5.74) is 1.14. The fourth-order valence-corrected chi connectivity index (χ4v) is 3.79. The quantitative estimate of drug-likeness (QED) is 0.586. The summed E-state index contributed by atoms with van der Waals surface area (Å²) in [7, 11) is 0. The van der Waals surface area contributed by atoms with E-state index in [2.05, 4.69) is 4.90 Å². The van der Waals surface area contributed by atoms with E-state index in [4.69, 9.17) is 23.2 Å². The van der Waals surface area contributed by atoms with Crippen molar-refractivity contribution in [1.29, 1.82) is 0 Å². The number of likely N-dealkylation sites (tertiary alicyclic amines) is 1. The van der Waals surface area contributed by atoms with Gasteiger partial charge in [0.2, 0.25) is 0 Å². The molecule has 1 aromatic carbocycles. The monoisotopic (exact) mass is 351 g/mol. The van der Waals surface area contributed by atoms with Gasteiger partial charge in [0.05, 0.1) is 15.6 Å². The maximum absolute atomic E-state index is 12.5. The maximum Gasteiger partial charge on any atom is 0.168 e. The molecule has 0 amide bonds. The Morgan fingerprint density at radius 1 is 1.00 bits per heavy atom. The molecule has 0 spiro atoms. The summed E-state index contributed by atoms with van der Waals surface area (Å²) in [5.74, 6) is -0.361. The molecule has 2 aliphatic rings. The number of piperidine rings is 1. The highest BCUT2D eigenvalue weighted by molar-refractivity contribution is 6.42. The Morgan fingerprint density at radius 2 is 1.65 bits per heavy atom. The zero-order valence-electron chi connectivity index (χ0n) is 12.9. The molecule has 122 valence electrons. The number of nitrogens with zero attached hydrogens (tertiary/aromatic N) is 1. The van der Waals surface area contributed by atoms with Gasteiger partial charge in [0.1, 0.15) is 0 Å². The van der Waals surface area contributed by atoms with Crippen LogP contribution in [-0.2, 0) is 9.59 Å². The highest BCUT2D eigenvalue weighted by atomic mass is 35.5. The summed E-state index contributed by atoms with van der Waals surface area (Å²) < 4.78 is 0. The molecule has 0 atom stereocenters. The molecule has 1 saturated heterocycles. The van der Waals surface area contributed by atoms with E-state index in [-0.39, 0.29) is 17.5 Å². The first kappa shape index (κ1) is 16.5. The zero-order valence-corrected chi connectivity index (χ0v) is 14.4. The lowest BCUT2D eigenvalue weighted by molar-refractivity contribution is -0.124. The molecular weight excluding hydrogens is 333 g/mol. The van der Waals surface area contributed by atoms with Crippen molar-refractivity contribution in [2.45, 2.75) is 38.0 Å². The molecule has 5 heteroatoms. The maximum atomic E-state index is 12.5. The molecule has 0 N–H and O–H groups in total. The predicted molar refractivity (Wildman–Crippen MR) is 92.0 cm³/mol. The second-order valence-corrected chi connectivity index (χ2v) is 7.02. The third-order valence-corrected chi connectivity index (χ3v) is 5.42. The van der Waals surface area contributed by atoms with Crippen LogP contribution in [0.15, 0.2) is 30.0 Å². The minimum Gasteiger partial charge on any atom is -0.377 e. The number of hydrogen-bond donors (Lipinski definition) is 0. The van der Waals surface area contributed by atoms with Crippen LogP contribution >= 0.6 is 23.2 Å². The van der Waals surface area contributed by atoms with Crippen LogP contribution in [0.5, 0.6) is 0 Å². The average molecular weight is 352 g/mol. The first-order valence-electron chi connectivity index (χ1n) is 8.02. The number of carbonyl (C=O) groups excluding carboxylic acids is 2. The number of Topliss-reactive ketones (excluding diaryl/α,β-unsaturated/α-hetero) is 2. The number of benzene rings is 1. The van der Waals surface area contributed by atoms with Gasteiger partial charge in [0.15, 0.2) is 11.6 Å². The predicted octanol–water partition coefficient (Wildman–Crippen LogP) is 4.38. The first-order valence-corrected chi connectivity index (χ1v) is 8.78. The molecular formula is C18H19Cl2NO2. The van der Waals surface area contributed by atoms with E-state index in [1.54, 1.807) is 18.3 Å². The Hall–Kier alpha value is -1.32. The van der Waals surface area contributed by atoms with Crippen molar-refractivity contribution in [1.82, 2.24) is 4.90 Å². The lowest BCUT2D eigenvalue weighted by Crippen LogP contribution is -2.30. The molecule has 1 saturated carbocycles. The van der Waals surface area contributed by atoms with E-state index >= 15 is 0 Å². The van der Waals surface area contributed by atoms with Gasteiger partial charge in [0.25, 0.3) is 0 Å². The Bertz CT molecular complexity index is 643. The Balaban J connectivity index is 1.79. The van der Waals surface area contributed by atoms with Gasteiger partial charge in [-0.2, -0.15) is 0 Å². The van der Waals surface area contributed by atoms with Gasteiger partial charge in [-0.3, -0.25) is 9.59 Å². The van der Waals surface area contributed by atoms with Crippen molar-refractivity contribution >= 4 is 34.8 Å². The number of hydrogen-bond acceptors (Lipinski definition) is 3. The van der Waals surface area contributed by atoms with Crippen molar-refractivity contribution in [2.24, 2.45) is 0 Å². The van der Waals surface area contributed by atoms with E-state index in [0.29, 0.717) is 28.5 Å². The Kier molecular flexibility index (Phi) is 5.08. The normalized spacial score (nSPS) is 22.4. The molecule has 3 nitrogen and oxygen atoms in total. The topological polar surface area (TPSA) is 37.4 Å². The molecule has 1 aliphatic carbocycles. The largest absolute Gasteiger partial charge is 0.377 e. The summed E-state index contributed by atoms with van der Waals surface area (Å²) in [6.45, 7) is 1.85. The molecule has 3 rings (SSSR count). The first-order chi connectivity index (χ1) is 11.1. The van der Waals surface area contributed by atoms with E-state index in [9.17, 15) is 9.59 Å². The molecule has 0 bridgehead atoms. The zero-order chi connectivity index (χ0) is 16.4. The van der Waals surface area contributed by atoms with Crippen molar-refractivity contribution in [3.63, 3.8) is 0 Å². The van der Waals surface area contributed by atoms with E-state index in [1.807, 2.05) is 6.07 Å². The number of rotatable bonds is 2. The van der Waals surface area contributed by atoms with Crippen LogP contribution in [0, 0.1) is 0 Å². The van der Waals surface area contributed by atoms with Crippen LogP contribution in [0.4, 0.5) is 0 Å².